The summed E-state index contributed by atoms with van der Waals surface area (Å²) in [6, 6.07) is 8.56. The molecule has 0 aliphatic rings. The maximum Gasteiger partial charge on any atom is 0.119 e. The molecule has 0 aliphatic heterocycles. The molecule has 102 valence electrons. The zero-order valence-corrected chi connectivity index (χ0v) is 12.3. The number of hydrogen-bond acceptors (Lipinski definition) is 2. The highest BCUT2D eigenvalue weighted by Crippen LogP contribution is 2.16. The molecule has 0 heterocycles. The van der Waals surface area contributed by atoms with E-state index in [1.165, 1.54) is 12.0 Å². The molecule has 0 aromatic heterocycles. The van der Waals surface area contributed by atoms with E-state index in [4.69, 9.17) is 4.74 Å². The molecule has 0 spiro atoms. The van der Waals surface area contributed by atoms with Crippen LogP contribution in [-0.4, -0.2) is 32.1 Å². The molecule has 1 aromatic carbocycles. The van der Waals surface area contributed by atoms with Crippen molar-refractivity contribution in [3.05, 3.63) is 29.8 Å². The van der Waals surface area contributed by atoms with Crippen molar-refractivity contribution in [1.29, 1.82) is 0 Å². The Morgan fingerprint density at radius 3 is 2.39 bits per heavy atom. The van der Waals surface area contributed by atoms with Gasteiger partial charge in [-0.05, 0) is 50.6 Å². The first-order valence-electron chi connectivity index (χ1n) is 6.98. The SMILES string of the molecule is CCC(C)Cc1ccc(OCCCN(C)C)cc1. The predicted molar refractivity (Wildman–Crippen MR) is 78.3 cm³/mol. The Labute approximate surface area is 112 Å². The molecule has 1 aromatic rings. The molecule has 1 atom stereocenters. The summed E-state index contributed by atoms with van der Waals surface area (Å²) in [5.74, 6) is 1.75. The fourth-order valence-corrected chi connectivity index (χ4v) is 1.84. The second kappa shape index (κ2) is 8.15. The molecule has 0 saturated heterocycles. The highest BCUT2D eigenvalue weighted by molar-refractivity contribution is 5.27. The number of nitrogens with zero attached hydrogens (tertiary/aromatic N) is 1. The first-order chi connectivity index (χ1) is 8.61. The van der Waals surface area contributed by atoms with E-state index in [-0.39, 0.29) is 0 Å². The topological polar surface area (TPSA) is 12.5 Å². The van der Waals surface area contributed by atoms with Crippen LogP contribution in [0.1, 0.15) is 32.3 Å². The molecule has 1 rings (SSSR count). The minimum Gasteiger partial charge on any atom is -0.494 e. The lowest BCUT2D eigenvalue weighted by molar-refractivity contribution is 0.281. The molecule has 0 aliphatic carbocycles. The van der Waals surface area contributed by atoms with Gasteiger partial charge in [0.05, 0.1) is 6.61 Å². The van der Waals surface area contributed by atoms with Gasteiger partial charge in [-0.3, -0.25) is 0 Å². The molecule has 2 heteroatoms. The second-order valence-electron chi connectivity index (χ2n) is 5.37. The third-order valence-electron chi connectivity index (χ3n) is 3.22. The Kier molecular flexibility index (Phi) is 6.81. The highest BCUT2D eigenvalue weighted by Gasteiger charge is 2.01. The van der Waals surface area contributed by atoms with Gasteiger partial charge in [0.15, 0.2) is 0 Å². The Bertz CT molecular complexity index is 318. The number of benzene rings is 1. The monoisotopic (exact) mass is 249 g/mol. The van der Waals surface area contributed by atoms with Gasteiger partial charge in [-0.25, -0.2) is 0 Å². The van der Waals surface area contributed by atoms with E-state index in [1.807, 2.05) is 0 Å². The summed E-state index contributed by atoms with van der Waals surface area (Å²) in [5, 5.41) is 0. The molecule has 0 bridgehead atoms. The van der Waals surface area contributed by atoms with Gasteiger partial charge in [-0.15, -0.1) is 0 Å². The van der Waals surface area contributed by atoms with Crippen LogP contribution in [0.25, 0.3) is 0 Å². The fraction of sp³-hybridized carbons (Fsp3) is 0.625. The summed E-state index contributed by atoms with van der Waals surface area (Å²) in [4.78, 5) is 2.18. The molecular formula is C16H27NO. The van der Waals surface area contributed by atoms with Crippen molar-refractivity contribution in [2.45, 2.75) is 33.1 Å². The lowest BCUT2D eigenvalue weighted by Gasteiger charge is -2.11. The van der Waals surface area contributed by atoms with Crippen molar-refractivity contribution in [3.63, 3.8) is 0 Å². The minimum atomic E-state index is 0.761. The van der Waals surface area contributed by atoms with Crippen molar-refractivity contribution >= 4 is 0 Å². The van der Waals surface area contributed by atoms with Gasteiger partial charge in [0, 0.05) is 6.54 Å². The summed E-state index contributed by atoms with van der Waals surface area (Å²) in [5.41, 5.74) is 1.41. The molecule has 0 fully saturated rings. The van der Waals surface area contributed by atoms with Crippen LogP contribution in [0, 0.1) is 5.92 Å². The third-order valence-corrected chi connectivity index (χ3v) is 3.22. The Morgan fingerprint density at radius 1 is 1.17 bits per heavy atom. The van der Waals surface area contributed by atoms with Crippen LogP contribution >= 0.6 is 0 Å². The van der Waals surface area contributed by atoms with E-state index in [0.717, 1.165) is 37.7 Å². The molecule has 2 nitrogen and oxygen atoms in total. The van der Waals surface area contributed by atoms with E-state index in [0.29, 0.717) is 0 Å². The molecule has 1 unspecified atom stereocenters. The second-order valence-corrected chi connectivity index (χ2v) is 5.37. The van der Waals surface area contributed by atoms with Crippen LogP contribution in [-0.2, 0) is 6.42 Å². The van der Waals surface area contributed by atoms with Crippen LogP contribution in [0.2, 0.25) is 0 Å². The quantitative estimate of drug-likeness (QED) is 0.653. The molecule has 0 amide bonds. The van der Waals surface area contributed by atoms with E-state index in [1.54, 1.807) is 0 Å². The van der Waals surface area contributed by atoms with Crippen LogP contribution in [0.5, 0.6) is 5.75 Å². The van der Waals surface area contributed by atoms with Gasteiger partial charge in [0.2, 0.25) is 0 Å². The smallest absolute Gasteiger partial charge is 0.119 e. The zero-order valence-electron chi connectivity index (χ0n) is 12.3. The highest BCUT2D eigenvalue weighted by atomic mass is 16.5. The van der Waals surface area contributed by atoms with E-state index >= 15 is 0 Å². The predicted octanol–water partition coefficient (Wildman–Crippen LogP) is 3.61. The Hall–Kier alpha value is -1.02. The average molecular weight is 249 g/mol. The molecule has 0 radical (unpaired) electrons. The van der Waals surface area contributed by atoms with Crippen LogP contribution < -0.4 is 4.74 Å². The molecular weight excluding hydrogens is 222 g/mol. The van der Waals surface area contributed by atoms with Crippen molar-refractivity contribution in [3.8, 4) is 5.75 Å². The summed E-state index contributed by atoms with van der Waals surface area (Å²) < 4.78 is 5.72. The summed E-state index contributed by atoms with van der Waals surface area (Å²) in [6.45, 7) is 6.41. The van der Waals surface area contributed by atoms with E-state index in [2.05, 4.69) is 57.1 Å². The lowest BCUT2D eigenvalue weighted by Crippen LogP contribution is -2.15. The number of ether oxygens (including phenoxy) is 1. The van der Waals surface area contributed by atoms with Crippen LogP contribution in [0.3, 0.4) is 0 Å². The molecule has 0 saturated carbocycles. The van der Waals surface area contributed by atoms with Gasteiger partial charge >= 0.3 is 0 Å². The molecule has 0 N–H and O–H groups in total. The largest absolute Gasteiger partial charge is 0.494 e. The zero-order chi connectivity index (χ0) is 13.4. The van der Waals surface area contributed by atoms with Crippen molar-refractivity contribution < 1.29 is 4.74 Å². The Morgan fingerprint density at radius 2 is 1.83 bits per heavy atom. The number of rotatable bonds is 8. The Balaban J connectivity index is 2.31. The summed E-state index contributed by atoms with van der Waals surface area (Å²) >= 11 is 0. The van der Waals surface area contributed by atoms with Gasteiger partial charge < -0.3 is 9.64 Å². The summed E-state index contributed by atoms with van der Waals surface area (Å²) in [6.07, 6.45) is 3.47. The van der Waals surface area contributed by atoms with Crippen molar-refractivity contribution in [2.75, 3.05) is 27.2 Å². The van der Waals surface area contributed by atoms with Gasteiger partial charge in [-0.2, -0.15) is 0 Å². The lowest BCUT2D eigenvalue weighted by atomic mass is 9.99. The normalized spacial score (nSPS) is 12.7. The van der Waals surface area contributed by atoms with Gasteiger partial charge in [0.25, 0.3) is 0 Å². The van der Waals surface area contributed by atoms with E-state index in [9.17, 15) is 0 Å². The van der Waals surface area contributed by atoms with Crippen LogP contribution in [0.15, 0.2) is 24.3 Å². The van der Waals surface area contributed by atoms with Crippen molar-refractivity contribution in [1.82, 2.24) is 4.90 Å². The first kappa shape index (κ1) is 15.0. The summed E-state index contributed by atoms with van der Waals surface area (Å²) in [7, 11) is 4.17. The van der Waals surface area contributed by atoms with Gasteiger partial charge in [0.1, 0.15) is 5.75 Å². The standard InChI is InChI=1S/C16H27NO/c1-5-14(2)13-15-7-9-16(10-8-15)18-12-6-11-17(3)4/h7-10,14H,5-6,11-13H2,1-4H3. The maximum absolute atomic E-state index is 5.72. The third kappa shape index (κ3) is 6.06. The minimum absolute atomic E-state index is 0.761. The average Bonchev–Trinajstić information content (AvgIpc) is 2.36. The fourth-order valence-electron chi connectivity index (χ4n) is 1.84. The van der Waals surface area contributed by atoms with E-state index < -0.39 is 0 Å². The number of hydrogen-bond donors (Lipinski definition) is 0. The van der Waals surface area contributed by atoms with Gasteiger partial charge in [-0.1, -0.05) is 32.4 Å². The van der Waals surface area contributed by atoms with Crippen LogP contribution in [0.4, 0.5) is 0 Å². The first-order valence-corrected chi connectivity index (χ1v) is 6.98. The molecule has 18 heavy (non-hydrogen) atoms. The van der Waals surface area contributed by atoms with Crippen molar-refractivity contribution in [2.24, 2.45) is 5.92 Å². The maximum atomic E-state index is 5.72.